The standard InChI is InChI=1S/C44H38O10S/c1-2-55-43-39(54-42(47)30-20-10-5-11-21-30)38(53-41(46)29-18-8-4-9-19-29)37(52-40(45)28-16-6-3-7-17-28)36(51-43)27-50-44(48)49-26-35-33-24-14-12-22-31(33)32-23-13-15-25-34(32)35/h3-25,35-39,43H,2,26-27H2,1H3/t36-,37-,38+,39-,43+/m1/s1. The maximum Gasteiger partial charge on any atom is 0.508 e. The highest BCUT2D eigenvalue weighted by Crippen LogP contribution is 2.44. The number of carbonyl (C=O) groups excluding carboxylic acids is 4. The molecule has 1 aliphatic heterocycles. The van der Waals surface area contributed by atoms with E-state index >= 15 is 0 Å². The monoisotopic (exact) mass is 758 g/mol. The molecule has 0 bridgehead atoms. The van der Waals surface area contributed by atoms with E-state index in [4.69, 9.17) is 28.4 Å². The summed E-state index contributed by atoms with van der Waals surface area (Å²) in [7, 11) is 0. The molecule has 280 valence electrons. The average molecular weight is 759 g/mol. The zero-order valence-corrected chi connectivity index (χ0v) is 30.7. The fourth-order valence-corrected chi connectivity index (χ4v) is 7.74. The Kier molecular flexibility index (Phi) is 11.9. The largest absolute Gasteiger partial charge is 0.508 e. The number of hydrogen-bond donors (Lipinski definition) is 0. The SMILES string of the molecule is CCS[C@@H]1O[C@H](COC(=O)OCC2c3ccccc3-c3ccccc32)[C@@H](OC(=O)c2ccccc2)[C@H](OC(=O)c2ccccc2)[C@H]1OC(=O)c1ccccc1. The summed E-state index contributed by atoms with van der Waals surface area (Å²) in [6, 6.07) is 40.8. The van der Waals surface area contributed by atoms with E-state index in [0.717, 1.165) is 22.3 Å². The summed E-state index contributed by atoms with van der Waals surface area (Å²) in [6.45, 7) is 1.47. The first-order valence-corrected chi connectivity index (χ1v) is 19.0. The summed E-state index contributed by atoms with van der Waals surface area (Å²) in [4.78, 5) is 54.1. The lowest BCUT2D eigenvalue weighted by atomic mass is 9.98. The molecule has 5 atom stereocenters. The van der Waals surface area contributed by atoms with E-state index in [0.29, 0.717) is 5.75 Å². The second kappa shape index (κ2) is 17.5. The average Bonchev–Trinajstić information content (AvgIpc) is 3.55. The highest BCUT2D eigenvalue weighted by Gasteiger charge is 2.53. The van der Waals surface area contributed by atoms with Crippen LogP contribution in [0.5, 0.6) is 0 Å². The highest BCUT2D eigenvalue weighted by molar-refractivity contribution is 7.99. The van der Waals surface area contributed by atoms with E-state index in [1.165, 1.54) is 11.8 Å². The van der Waals surface area contributed by atoms with Gasteiger partial charge in [-0.15, -0.1) is 11.8 Å². The van der Waals surface area contributed by atoms with Gasteiger partial charge >= 0.3 is 24.1 Å². The number of benzene rings is 5. The molecule has 55 heavy (non-hydrogen) atoms. The fraction of sp³-hybridized carbons (Fsp3) is 0.227. The van der Waals surface area contributed by atoms with Crippen molar-refractivity contribution in [3.63, 3.8) is 0 Å². The van der Waals surface area contributed by atoms with Gasteiger partial charge in [-0.2, -0.15) is 0 Å². The predicted molar refractivity (Wildman–Crippen MR) is 205 cm³/mol. The molecule has 0 unspecified atom stereocenters. The molecule has 0 spiro atoms. The second-order valence-corrected chi connectivity index (χ2v) is 14.2. The lowest BCUT2D eigenvalue weighted by Gasteiger charge is -2.44. The molecule has 0 saturated carbocycles. The molecule has 2 aliphatic rings. The molecule has 7 rings (SSSR count). The zero-order chi connectivity index (χ0) is 38.1. The van der Waals surface area contributed by atoms with E-state index in [9.17, 15) is 19.2 Å². The third-order valence-corrected chi connectivity index (χ3v) is 10.4. The van der Waals surface area contributed by atoms with Gasteiger partial charge in [-0.1, -0.05) is 110 Å². The van der Waals surface area contributed by atoms with E-state index in [2.05, 4.69) is 0 Å². The molecule has 0 radical (unpaired) electrons. The number of carbonyl (C=O) groups is 4. The van der Waals surface area contributed by atoms with Crippen molar-refractivity contribution in [3.05, 3.63) is 167 Å². The maximum atomic E-state index is 13.7. The van der Waals surface area contributed by atoms with Crippen LogP contribution in [-0.2, 0) is 28.4 Å². The lowest BCUT2D eigenvalue weighted by Crippen LogP contribution is -2.61. The Balaban J connectivity index is 1.16. The van der Waals surface area contributed by atoms with Crippen LogP contribution in [-0.4, -0.2) is 72.9 Å². The molecule has 0 aromatic heterocycles. The first-order chi connectivity index (χ1) is 26.9. The number of thioether (sulfide) groups is 1. The molecule has 10 nitrogen and oxygen atoms in total. The van der Waals surface area contributed by atoms with E-state index in [1.54, 1.807) is 91.0 Å². The topological polar surface area (TPSA) is 124 Å². The van der Waals surface area contributed by atoms with Gasteiger partial charge in [0, 0.05) is 5.92 Å². The number of esters is 3. The molecular formula is C44H38O10S. The second-order valence-electron chi connectivity index (χ2n) is 12.8. The Labute approximate surface area is 322 Å². The van der Waals surface area contributed by atoms with Gasteiger partial charge in [0.05, 0.1) is 16.7 Å². The van der Waals surface area contributed by atoms with E-state index in [1.807, 2.05) is 55.5 Å². The van der Waals surface area contributed by atoms with Crippen molar-refractivity contribution in [2.75, 3.05) is 19.0 Å². The van der Waals surface area contributed by atoms with Crippen LogP contribution in [0.1, 0.15) is 55.0 Å². The third-order valence-electron chi connectivity index (χ3n) is 9.38. The molecular weight excluding hydrogens is 721 g/mol. The number of hydrogen-bond acceptors (Lipinski definition) is 11. The van der Waals surface area contributed by atoms with Gasteiger partial charge in [-0.05, 0) is 64.4 Å². The Morgan fingerprint density at radius 3 is 1.44 bits per heavy atom. The summed E-state index contributed by atoms with van der Waals surface area (Å²) >= 11 is 1.29. The van der Waals surface area contributed by atoms with Crippen LogP contribution in [0.3, 0.4) is 0 Å². The van der Waals surface area contributed by atoms with Crippen molar-refractivity contribution in [1.29, 1.82) is 0 Å². The van der Waals surface area contributed by atoms with Gasteiger partial charge in [-0.25, -0.2) is 19.2 Å². The van der Waals surface area contributed by atoms with Crippen molar-refractivity contribution in [1.82, 2.24) is 0 Å². The van der Waals surface area contributed by atoms with Crippen molar-refractivity contribution in [2.24, 2.45) is 0 Å². The van der Waals surface area contributed by atoms with Crippen LogP contribution in [0, 0.1) is 0 Å². The van der Waals surface area contributed by atoms with Crippen LogP contribution in [0.25, 0.3) is 11.1 Å². The lowest BCUT2D eigenvalue weighted by molar-refractivity contribution is -0.208. The van der Waals surface area contributed by atoms with Gasteiger partial charge in [0.25, 0.3) is 0 Å². The van der Waals surface area contributed by atoms with Gasteiger partial charge in [0.1, 0.15) is 24.8 Å². The predicted octanol–water partition coefficient (Wildman–Crippen LogP) is 8.11. The van der Waals surface area contributed by atoms with Crippen LogP contribution >= 0.6 is 11.8 Å². The Hall–Kier alpha value is -5.91. The minimum atomic E-state index is -1.40. The Bertz CT molecular complexity index is 2060. The molecule has 0 N–H and O–H groups in total. The quantitative estimate of drug-likeness (QED) is 0.0906. The van der Waals surface area contributed by atoms with E-state index < -0.39 is 60.5 Å². The molecule has 5 aromatic carbocycles. The highest BCUT2D eigenvalue weighted by atomic mass is 32.2. The maximum absolute atomic E-state index is 13.7. The first-order valence-electron chi connectivity index (χ1n) is 17.9. The molecule has 5 aromatic rings. The molecule has 1 aliphatic carbocycles. The molecule has 1 fully saturated rings. The van der Waals surface area contributed by atoms with Crippen molar-refractivity contribution in [2.45, 2.75) is 42.7 Å². The molecule has 11 heteroatoms. The van der Waals surface area contributed by atoms with Crippen molar-refractivity contribution in [3.8, 4) is 11.1 Å². The van der Waals surface area contributed by atoms with Crippen LogP contribution in [0.15, 0.2) is 140 Å². The van der Waals surface area contributed by atoms with Crippen molar-refractivity contribution < 1.29 is 47.6 Å². The summed E-state index contributed by atoms with van der Waals surface area (Å²) in [5, 5.41) is 0. The number of rotatable bonds is 12. The van der Waals surface area contributed by atoms with Gasteiger partial charge < -0.3 is 28.4 Å². The van der Waals surface area contributed by atoms with Crippen molar-refractivity contribution >= 4 is 35.8 Å². The van der Waals surface area contributed by atoms with E-state index in [-0.39, 0.29) is 29.2 Å². The summed E-state index contributed by atoms with van der Waals surface area (Å²) < 4.78 is 36.0. The minimum Gasteiger partial charge on any atom is -0.452 e. The molecule has 0 amide bonds. The van der Waals surface area contributed by atoms with Crippen LogP contribution in [0.4, 0.5) is 4.79 Å². The third kappa shape index (κ3) is 8.58. The summed E-state index contributed by atoms with van der Waals surface area (Å²) in [5.74, 6) is -1.88. The first kappa shape index (κ1) is 37.4. The number of fused-ring (bicyclic) bond motifs is 3. The minimum absolute atomic E-state index is 0.0218. The smallest absolute Gasteiger partial charge is 0.452 e. The Morgan fingerprint density at radius 2 is 0.945 bits per heavy atom. The summed E-state index contributed by atoms with van der Waals surface area (Å²) in [6.07, 6.45) is -6.17. The van der Waals surface area contributed by atoms with Crippen LogP contribution < -0.4 is 0 Å². The van der Waals surface area contributed by atoms with Gasteiger partial charge in [0.15, 0.2) is 18.3 Å². The fourth-order valence-electron chi connectivity index (χ4n) is 6.79. The zero-order valence-electron chi connectivity index (χ0n) is 29.9. The molecule has 1 saturated heterocycles. The number of ether oxygens (including phenoxy) is 6. The normalized spacial score (nSPS) is 20.0. The summed E-state index contributed by atoms with van der Waals surface area (Å²) in [5.41, 5.74) is 4.02. The molecule has 1 heterocycles. The van der Waals surface area contributed by atoms with Gasteiger partial charge in [-0.3, -0.25) is 0 Å². The van der Waals surface area contributed by atoms with Crippen LogP contribution in [0.2, 0.25) is 0 Å². The van der Waals surface area contributed by atoms with Gasteiger partial charge in [0.2, 0.25) is 0 Å². The Morgan fingerprint density at radius 1 is 0.527 bits per heavy atom.